The van der Waals surface area contributed by atoms with Crippen molar-refractivity contribution in [1.29, 1.82) is 0 Å². The van der Waals surface area contributed by atoms with E-state index in [1.54, 1.807) is 0 Å². The van der Waals surface area contributed by atoms with Crippen LogP contribution in [0.5, 0.6) is 5.75 Å². The van der Waals surface area contributed by atoms with Crippen LogP contribution in [0.3, 0.4) is 0 Å². The quantitative estimate of drug-likeness (QED) is 0.638. The van der Waals surface area contributed by atoms with Gasteiger partial charge in [0, 0.05) is 23.0 Å². The van der Waals surface area contributed by atoms with Gasteiger partial charge in [-0.2, -0.15) is 4.98 Å². The molecule has 1 atom stereocenters. The van der Waals surface area contributed by atoms with Gasteiger partial charge < -0.3 is 14.6 Å². The SMILES string of the molecule is CNC(C)Cc1noc(-c2cccc(OCc3ccc(Cl)cc3)c2)n1.Cl. The van der Waals surface area contributed by atoms with Crippen LogP contribution in [-0.4, -0.2) is 23.2 Å². The lowest BCUT2D eigenvalue weighted by Crippen LogP contribution is -2.24. The van der Waals surface area contributed by atoms with E-state index in [1.807, 2.05) is 55.6 Å². The topological polar surface area (TPSA) is 60.2 Å². The summed E-state index contributed by atoms with van der Waals surface area (Å²) in [4.78, 5) is 4.45. The second kappa shape index (κ2) is 9.57. The summed E-state index contributed by atoms with van der Waals surface area (Å²) in [5, 5.41) is 7.90. The zero-order valence-electron chi connectivity index (χ0n) is 14.6. The monoisotopic (exact) mass is 393 g/mol. The number of nitrogens with zero attached hydrogens (tertiary/aromatic N) is 2. The molecule has 0 saturated carbocycles. The molecule has 2 aromatic carbocycles. The van der Waals surface area contributed by atoms with Crippen molar-refractivity contribution in [3.05, 3.63) is 64.9 Å². The zero-order valence-corrected chi connectivity index (χ0v) is 16.2. The molecule has 0 aliphatic rings. The number of aromatic nitrogens is 2. The van der Waals surface area contributed by atoms with Gasteiger partial charge in [-0.25, -0.2) is 0 Å². The average molecular weight is 394 g/mol. The predicted molar refractivity (Wildman–Crippen MR) is 105 cm³/mol. The van der Waals surface area contributed by atoms with E-state index in [2.05, 4.69) is 22.4 Å². The summed E-state index contributed by atoms with van der Waals surface area (Å²) < 4.78 is 11.2. The Bertz CT molecular complexity index is 822. The van der Waals surface area contributed by atoms with Gasteiger partial charge in [0.2, 0.25) is 0 Å². The van der Waals surface area contributed by atoms with Crippen molar-refractivity contribution in [1.82, 2.24) is 15.5 Å². The Balaban J connectivity index is 0.00000243. The molecule has 3 rings (SSSR count). The highest BCUT2D eigenvalue weighted by Crippen LogP contribution is 2.23. The predicted octanol–water partition coefficient (Wildman–Crippen LogP) is 4.54. The van der Waals surface area contributed by atoms with Crippen LogP contribution in [0.2, 0.25) is 5.02 Å². The van der Waals surface area contributed by atoms with Crippen LogP contribution in [0.25, 0.3) is 11.5 Å². The van der Waals surface area contributed by atoms with Gasteiger partial charge in [0.25, 0.3) is 5.89 Å². The molecule has 138 valence electrons. The second-order valence-electron chi connectivity index (χ2n) is 5.85. The molecular weight excluding hydrogens is 373 g/mol. The highest BCUT2D eigenvalue weighted by atomic mass is 35.5. The van der Waals surface area contributed by atoms with Gasteiger partial charge in [0.15, 0.2) is 5.82 Å². The molecule has 0 aliphatic heterocycles. The normalized spacial score (nSPS) is 11.7. The van der Waals surface area contributed by atoms with Gasteiger partial charge in [-0.05, 0) is 49.9 Å². The first-order chi connectivity index (χ1) is 12.1. The molecule has 0 radical (unpaired) electrons. The molecule has 0 spiro atoms. The van der Waals surface area contributed by atoms with E-state index in [9.17, 15) is 0 Å². The standard InChI is InChI=1S/C19H20ClN3O2.ClH/c1-13(21-2)10-18-22-19(25-23-18)15-4-3-5-17(11-15)24-12-14-6-8-16(20)9-7-14;/h3-9,11,13,21H,10,12H2,1-2H3;1H. The Morgan fingerprint density at radius 1 is 1.19 bits per heavy atom. The van der Waals surface area contributed by atoms with E-state index in [1.165, 1.54) is 0 Å². The molecule has 0 bridgehead atoms. The molecular formula is C19H21Cl2N3O2. The highest BCUT2D eigenvalue weighted by molar-refractivity contribution is 6.30. The van der Waals surface area contributed by atoms with Gasteiger partial charge in [-0.1, -0.05) is 35.0 Å². The smallest absolute Gasteiger partial charge is 0.258 e. The molecule has 0 saturated heterocycles. The molecule has 5 nitrogen and oxygen atoms in total. The maximum absolute atomic E-state index is 5.89. The minimum absolute atomic E-state index is 0. The van der Waals surface area contributed by atoms with Crippen molar-refractivity contribution in [3.8, 4) is 17.2 Å². The molecule has 26 heavy (non-hydrogen) atoms. The van der Waals surface area contributed by atoms with E-state index in [-0.39, 0.29) is 12.4 Å². The number of ether oxygens (including phenoxy) is 1. The number of rotatable bonds is 7. The Morgan fingerprint density at radius 2 is 1.96 bits per heavy atom. The molecule has 0 aliphatic carbocycles. The van der Waals surface area contributed by atoms with Crippen molar-refractivity contribution in [2.24, 2.45) is 0 Å². The fourth-order valence-corrected chi connectivity index (χ4v) is 2.42. The fraction of sp³-hybridized carbons (Fsp3) is 0.263. The first-order valence-corrected chi connectivity index (χ1v) is 8.49. The van der Waals surface area contributed by atoms with Crippen LogP contribution in [0, 0.1) is 0 Å². The third kappa shape index (κ3) is 5.46. The first kappa shape index (κ1) is 20.2. The molecule has 1 unspecified atom stereocenters. The maximum Gasteiger partial charge on any atom is 0.258 e. The van der Waals surface area contributed by atoms with Crippen LogP contribution in [0.1, 0.15) is 18.3 Å². The number of benzene rings is 2. The summed E-state index contributed by atoms with van der Waals surface area (Å²) in [5.41, 5.74) is 1.89. The van der Waals surface area contributed by atoms with Gasteiger partial charge in [-0.3, -0.25) is 0 Å². The average Bonchev–Trinajstić information content (AvgIpc) is 3.10. The lowest BCUT2D eigenvalue weighted by atomic mass is 10.2. The molecule has 7 heteroatoms. The maximum atomic E-state index is 5.89. The summed E-state index contributed by atoms with van der Waals surface area (Å²) in [7, 11) is 1.91. The van der Waals surface area contributed by atoms with E-state index >= 15 is 0 Å². The highest BCUT2D eigenvalue weighted by Gasteiger charge is 2.11. The Morgan fingerprint density at radius 3 is 2.69 bits per heavy atom. The minimum atomic E-state index is 0. The van der Waals surface area contributed by atoms with Gasteiger partial charge in [0.05, 0.1) is 0 Å². The van der Waals surface area contributed by atoms with Crippen molar-refractivity contribution < 1.29 is 9.26 Å². The number of hydrogen-bond acceptors (Lipinski definition) is 5. The van der Waals surface area contributed by atoms with Crippen LogP contribution >= 0.6 is 24.0 Å². The van der Waals surface area contributed by atoms with Crippen molar-refractivity contribution in [2.75, 3.05) is 7.05 Å². The molecule has 0 amide bonds. The zero-order chi connectivity index (χ0) is 17.6. The van der Waals surface area contributed by atoms with Crippen LogP contribution in [0.15, 0.2) is 53.1 Å². The van der Waals surface area contributed by atoms with Crippen molar-refractivity contribution in [2.45, 2.75) is 26.0 Å². The van der Waals surface area contributed by atoms with E-state index in [4.69, 9.17) is 20.9 Å². The number of halogens is 2. The van der Waals surface area contributed by atoms with Crippen molar-refractivity contribution in [3.63, 3.8) is 0 Å². The molecule has 1 aromatic heterocycles. The largest absolute Gasteiger partial charge is 0.489 e. The summed E-state index contributed by atoms with van der Waals surface area (Å²) in [6.45, 7) is 2.54. The molecule has 1 N–H and O–H groups in total. The summed E-state index contributed by atoms with van der Waals surface area (Å²) >= 11 is 5.89. The Kier molecular flexibility index (Phi) is 7.45. The summed E-state index contributed by atoms with van der Waals surface area (Å²) in [6.07, 6.45) is 0.715. The molecule has 3 aromatic rings. The third-order valence-corrected chi connectivity index (χ3v) is 4.10. The van der Waals surface area contributed by atoms with E-state index in [0.29, 0.717) is 35.8 Å². The second-order valence-corrected chi connectivity index (χ2v) is 6.29. The van der Waals surface area contributed by atoms with Crippen molar-refractivity contribution >= 4 is 24.0 Å². The van der Waals surface area contributed by atoms with E-state index < -0.39 is 0 Å². The first-order valence-electron chi connectivity index (χ1n) is 8.11. The number of likely N-dealkylation sites (N-methyl/N-ethyl adjacent to an activating group) is 1. The van der Waals surface area contributed by atoms with E-state index in [0.717, 1.165) is 16.9 Å². The third-order valence-electron chi connectivity index (χ3n) is 3.85. The Labute approximate surface area is 164 Å². The van der Waals surface area contributed by atoms with Gasteiger partial charge in [0.1, 0.15) is 12.4 Å². The molecule has 1 heterocycles. The van der Waals surface area contributed by atoms with Crippen LogP contribution in [-0.2, 0) is 13.0 Å². The summed E-state index contributed by atoms with van der Waals surface area (Å²) in [5.74, 6) is 1.93. The van der Waals surface area contributed by atoms with Gasteiger partial charge in [-0.15, -0.1) is 12.4 Å². The Hall–Kier alpha value is -2.08. The number of nitrogens with one attached hydrogen (secondary N) is 1. The molecule has 0 fully saturated rings. The van der Waals surface area contributed by atoms with Gasteiger partial charge >= 0.3 is 0 Å². The lowest BCUT2D eigenvalue weighted by molar-refractivity contribution is 0.306. The minimum Gasteiger partial charge on any atom is -0.489 e. The fourth-order valence-electron chi connectivity index (χ4n) is 2.30. The van der Waals surface area contributed by atoms with Crippen LogP contribution in [0.4, 0.5) is 0 Å². The van der Waals surface area contributed by atoms with Crippen LogP contribution < -0.4 is 10.1 Å². The number of hydrogen-bond donors (Lipinski definition) is 1. The summed E-state index contributed by atoms with van der Waals surface area (Å²) in [6, 6.07) is 15.5. The lowest BCUT2D eigenvalue weighted by Gasteiger charge is -2.07.